The lowest BCUT2D eigenvalue weighted by atomic mass is 9.96. The Morgan fingerprint density at radius 3 is 2.88 bits per heavy atom. The van der Waals surface area contributed by atoms with Gasteiger partial charge in [0.2, 0.25) is 0 Å². The normalized spacial score (nSPS) is 17.3. The number of hydrogen-bond donors (Lipinski definition) is 0. The molecule has 2 aliphatic carbocycles. The van der Waals surface area contributed by atoms with E-state index in [1.807, 2.05) is 6.08 Å². The number of hydrogen-bond acceptors (Lipinski definition) is 0. The van der Waals surface area contributed by atoms with Crippen LogP contribution in [0.2, 0.25) is 0 Å². The van der Waals surface area contributed by atoms with Crippen molar-refractivity contribution in [3.8, 4) is 0 Å². The molecule has 0 N–H and O–H groups in total. The highest BCUT2D eigenvalue weighted by Gasteiger charge is 2.22. The third-order valence-corrected chi connectivity index (χ3v) is 3.53. The molecule has 1 aromatic carbocycles. The topological polar surface area (TPSA) is 0 Å². The second kappa shape index (κ2) is 4.21. The van der Waals surface area contributed by atoms with Crippen molar-refractivity contribution in [3.63, 3.8) is 0 Å². The van der Waals surface area contributed by atoms with Crippen LogP contribution in [0.15, 0.2) is 66.3 Å². The van der Waals surface area contributed by atoms with Gasteiger partial charge in [-0.15, -0.1) is 6.58 Å². The van der Waals surface area contributed by atoms with Gasteiger partial charge in [0.25, 0.3) is 0 Å². The van der Waals surface area contributed by atoms with Crippen LogP contribution in [0.4, 0.5) is 0 Å². The van der Waals surface area contributed by atoms with E-state index in [4.69, 9.17) is 0 Å². The lowest BCUT2D eigenvalue weighted by Crippen LogP contribution is -1.88. The first-order valence-electron chi connectivity index (χ1n) is 6.17. The zero-order valence-corrected chi connectivity index (χ0v) is 9.95. The first kappa shape index (κ1) is 10.3. The van der Waals surface area contributed by atoms with Crippen molar-refractivity contribution in [2.24, 2.45) is 0 Å². The second-order valence-corrected chi connectivity index (χ2v) is 4.63. The molecule has 0 aromatic heterocycles. The molecule has 0 fully saturated rings. The summed E-state index contributed by atoms with van der Waals surface area (Å²) in [5, 5.41) is 0. The van der Waals surface area contributed by atoms with E-state index in [9.17, 15) is 0 Å². The first-order chi connectivity index (χ1) is 8.40. The molecular weight excluding hydrogens is 204 g/mol. The fourth-order valence-corrected chi connectivity index (χ4v) is 2.81. The summed E-state index contributed by atoms with van der Waals surface area (Å²) in [6.45, 7) is 3.88. The summed E-state index contributed by atoms with van der Waals surface area (Å²) in [5.74, 6) is 0. The molecule has 0 nitrogen and oxygen atoms in total. The molecule has 0 heterocycles. The van der Waals surface area contributed by atoms with Crippen molar-refractivity contribution in [2.75, 3.05) is 0 Å². The fraction of sp³-hybridized carbons (Fsp3) is 0.176. The smallest absolute Gasteiger partial charge is 0.00485 e. The third-order valence-electron chi connectivity index (χ3n) is 3.53. The van der Waals surface area contributed by atoms with Gasteiger partial charge in [-0.05, 0) is 41.5 Å². The van der Waals surface area contributed by atoms with E-state index in [0.29, 0.717) is 0 Å². The van der Waals surface area contributed by atoms with E-state index >= 15 is 0 Å². The van der Waals surface area contributed by atoms with Crippen LogP contribution in [0.5, 0.6) is 0 Å². The molecule has 0 radical (unpaired) electrons. The molecule has 0 atom stereocenters. The van der Waals surface area contributed by atoms with Crippen molar-refractivity contribution in [1.29, 1.82) is 0 Å². The van der Waals surface area contributed by atoms with Crippen LogP contribution in [0.1, 0.15) is 24.0 Å². The fourth-order valence-electron chi connectivity index (χ4n) is 2.81. The Labute approximate surface area is 103 Å². The standard InChI is InChI=1S/C17H16/c1-2-7-15-12-14-10-5-6-11-16(14)17(15)13-8-3-4-9-13/h2-6,8,10-11H,1,7,9,12H2. The predicted molar refractivity (Wildman–Crippen MR) is 73.7 cm³/mol. The maximum atomic E-state index is 3.88. The highest BCUT2D eigenvalue weighted by molar-refractivity contribution is 5.87. The Morgan fingerprint density at radius 2 is 2.12 bits per heavy atom. The highest BCUT2D eigenvalue weighted by Crippen LogP contribution is 2.41. The van der Waals surface area contributed by atoms with Crippen LogP contribution < -0.4 is 0 Å². The number of rotatable bonds is 3. The van der Waals surface area contributed by atoms with E-state index in [2.05, 4.69) is 49.1 Å². The monoisotopic (exact) mass is 220 g/mol. The van der Waals surface area contributed by atoms with Gasteiger partial charge in [-0.1, -0.05) is 54.1 Å². The molecule has 0 amide bonds. The van der Waals surface area contributed by atoms with Gasteiger partial charge in [0, 0.05) is 0 Å². The minimum absolute atomic E-state index is 1.00. The average molecular weight is 220 g/mol. The van der Waals surface area contributed by atoms with Crippen LogP contribution in [0.25, 0.3) is 5.57 Å². The van der Waals surface area contributed by atoms with Gasteiger partial charge in [-0.25, -0.2) is 0 Å². The molecular formula is C17H16. The van der Waals surface area contributed by atoms with Gasteiger partial charge in [0.15, 0.2) is 0 Å². The quantitative estimate of drug-likeness (QED) is 0.660. The Kier molecular flexibility index (Phi) is 2.56. The molecule has 0 spiro atoms. The maximum absolute atomic E-state index is 3.88. The molecule has 2 aliphatic rings. The van der Waals surface area contributed by atoms with Crippen LogP contribution in [0, 0.1) is 0 Å². The van der Waals surface area contributed by atoms with Gasteiger partial charge >= 0.3 is 0 Å². The molecule has 84 valence electrons. The minimum atomic E-state index is 1.00. The Hall–Kier alpha value is -1.82. The van der Waals surface area contributed by atoms with Gasteiger partial charge in [-0.2, -0.15) is 0 Å². The van der Waals surface area contributed by atoms with Gasteiger partial charge in [0.1, 0.15) is 0 Å². The largest absolute Gasteiger partial charge is 0.103 e. The molecule has 0 bridgehead atoms. The Morgan fingerprint density at radius 1 is 1.24 bits per heavy atom. The third kappa shape index (κ3) is 1.70. The average Bonchev–Trinajstić information content (AvgIpc) is 2.94. The van der Waals surface area contributed by atoms with Gasteiger partial charge in [-0.3, -0.25) is 0 Å². The molecule has 0 aliphatic heterocycles. The highest BCUT2D eigenvalue weighted by atomic mass is 14.3. The Balaban J connectivity index is 2.10. The zero-order chi connectivity index (χ0) is 11.7. The predicted octanol–water partition coefficient (Wildman–Crippen LogP) is 4.46. The van der Waals surface area contributed by atoms with Crippen LogP contribution in [-0.4, -0.2) is 0 Å². The summed E-state index contributed by atoms with van der Waals surface area (Å²) in [5.41, 5.74) is 7.36. The molecule has 0 saturated carbocycles. The lowest BCUT2D eigenvalue weighted by Gasteiger charge is -2.08. The first-order valence-corrected chi connectivity index (χ1v) is 6.17. The van der Waals surface area contributed by atoms with Crippen LogP contribution >= 0.6 is 0 Å². The zero-order valence-electron chi connectivity index (χ0n) is 9.95. The number of allylic oxidation sites excluding steroid dienone is 7. The van der Waals surface area contributed by atoms with Gasteiger partial charge in [0.05, 0.1) is 0 Å². The Bertz CT molecular complexity index is 553. The van der Waals surface area contributed by atoms with E-state index < -0.39 is 0 Å². The lowest BCUT2D eigenvalue weighted by molar-refractivity contribution is 1.11. The van der Waals surface area contributed by atoms with Crippen molar-refractivity contribution < 1.29 is 0 Å². The minimum Gasteiger partial charge on any atom is -0.103 e. The SMILES string of the molecule is C=CCC1=C(C2=CC=CC2)c2ccccc2C1. The summed E-state index contributed by atoms with van der Waals surface area (Å²) in [6, 6.07) is 8.77. The molecule has 3 rings (SSSR count). The van der Waals surface area contributed by atoms with Crippen LogP contribution in [-0.2, 0) is 6.42 Å². The summed E-state index contributed by atoms with van der Waals surface area (Å²) in [6.07, 6.45) is 11.8. The maximum Gasteiger partial charge on any atom is -0.00485 e. The van der Waals surface area contributed by atoms with Gasteiger partial charge < -0.3 is 0 Å². The number of fused-ring (bicyclic) bond motifs is 1. The summed E-state index contributed by atoms with van der Waals surface area (Å²) in [4.78, 5) is 0. The van der Waals surface area contributed by atoms with Crippen molar-refractivity contribution >= 4 is 5.57 Å². The van der Waals surface area contributed by atoms with E-state index in [-0.39, 0.29) is 0 Å². The van der Waals surface area contributed by atoms with E-state index in [1.165, 1.54) is 27.8 Å². The molecule has 0 heteroatoms. The van der Waals surface area contributed by atoms with E-state index in [1.54, 1.807) is 0 Å². The second-order valence-electron chi connectivity index (χ2n) is 4.63. The van der Waals surface area contributed by atoms with Crippen molar-refractivity contribution in [1.82, 2.24) is 0 Å². The molecule has 1 aromatic rings. The summed E-state index contributed by atoms with van der Waals surface area (Å²) < 4.78 is 0. The molecule has 17 heavy (non-hydrogen) atoms. The molecule has 0 saturated heterocycles. The van der Waals surface area contributed by atoms with Crippen LogP contribution in [0.3, 0.4) is 0 Å². The summed E-state index contributed by atoms with van der Waals surface area (Å²) >= 11 is 0. The number of benzene rings is 1. The van der Waals surface area contributed by atoms with Crippen molar-refractivity contribution in [3.05, 3.63) is 77.4 Å². The molecule has 0 unspecified atom stereocenters. The van der Waals surface area contributed by atoms with Crippen molar-refractivity contribution in [2.45, 2.75) is 19.3 Å². The summed E-state index contributed by atoms with van der Waals surface area (Å²) in [7, 11) is 0. The van der Waals surface area contributed by atoms with E-state index in [0.717, 1.165) is 19.3 Å².